The van der Waals surface area contributed by atoms with E-state index >= 15 is 0 Å². The van der Waals surface area contributed by atoms with Crippen molar-refractivity contribution >= 4 is 17.7 Å². The van der Waals surface area contributed by atoms with E-state index in [0.717, 1.165) is 56.1 Å². The molecular formula is C33H44N4O4. The quantitative estimate of drug-likeness (QED) is 0.406. The Bertz CT molecular complexity index is 1180. The largest absolute Gasteiger partial charge is 0.508 e. The number of nitrogens with zero attached hydrogens (tertiary/aromatic N) is 3. The monoisotopic (exact) mass is 560 g/mol. The van der Waals surface area contributed by atoms with Crippen molar-refractivity contribution in [2.75, 3.05) is 19.6 Å². The van der Waals surface area contributed by atoms with Crippen LogP contribution in [0.2, 0.25) is 0 Å². The molecule has 1 saturated carbocycles. The Balaban J connectivity index is 1.49. The molecule has 3 amide bonds. The summed E-state index contributed by atoms with van der Waals surface area (Å²) in [6.45, 7) is 1.57. The minimum Gasteiger partial charge on any atom is -0.508 e. The van der Waals surface area contributed by atoms with E-state index in [4.69, 9.17) is 5.73 Å². The Morgan fingerprint density at radius 3 is 2.20 bits per heavy atom. The lowest BCUT2D eigenvalue weighted by Crippen LogP contribution is -2.75. The molecular weight excluding hydrogens is 516 g/mol. The number of amides is 3. The molecule has 1 aliphatic carbocycles. The van der Waals surface area contributed by atoms with E-state index in [9.17, 15) is 19.5 Å². The van der Waals surface area contributed by atoms with Gasteiger partial charge in [-0.3, -0.25) is 14.4 Å². The van der Waals surface area contributed by atoms with Crippen molar-refractivity contribution in [3.63, 3.8) is 0 Å². The fourth-order valence-corrected chi connectivity index (χ4v) is 6.89. The Labute approximate surface area is 243 Å². The first-order chi connectivity index (χ1) is 20.0. The van der Waals surface area contributed by atoms with Crippen LogP contribution in [0.1, 0.15) is 68.9 Å². The van der Waals surface area contributed by atoms with Gasteiger partial charge in [-0.15, -0.1) is 0 Å². The van der Waals surface area contributed by atoms with Crippen molar-refractivity contribution in [2.45, 2.75) is 88.9 Å². The molecule has 2 aliphatic heterocycles. The standard InChI is InChI=1S/C33H44N4O4/c34-18-8-3-9-19-35-30(39)22-27(20-24-10-4-1-5-11-24)37-31(35)33(41)36(23-26-12-6-2-7-13-26)29(32(37)40)21-25-14-16-28(38)17-15-25/h1,4-5,10-11,14-17,26-27,29,31,38H,2-3,6-9,12-13,18-23,34H2. The topological polar surface area (TPSA) is 107 Å². The molecule has 0 spiro atoms. The average Bonchev–Trinajstić information content (AvgIpc) is 2.98. The van der Waals surface area contributed by atoms with E-state index in [2.05, 4.69) is 0 Å². The van der Waals surface area contributed by atoms with Crippen molar-refractivity contribution in [2.24, 2.45) is 11.7 Å². The van der Waals surface area contributed by atoms with Gasteiger partial charge in [0.1, 0.15) is 11.8 Å². The first-order valence-electron chi connectivity index (χ1n) is 15.4. The van der Waals surface area contributed by atoms with Gasteiger partial charge in [0, 0.05) is 32.0 Å². The molecule has 2 heterocycles. The van der Waals surface area contributed by atoms with Gasteiger partial charge in [-0.1, -0.05) is 68.1 Å². The van der Waals surface area contributed by atoms with Gasteiger partial charge >= 0.3 is 0 Å². The summed E-state index contributed by atoms with van der Waals surface area (Å²) >= 11 is 0. The summed E-state index contributed by atoms with van der Waals surface area (Å²) in [5.74, 6) is 0.242. The number of phenols is 1. The van der Waals surface area contributed by atoms with Gasteiger partial charge in [0.2, 0.25) is 11.8 Å². The van der Waals surface area contributed by atoms with Crippen LogP contribution in [0.15, 0.2) is 54.6 Å². The first kappa shape index (κ1) is 29.1. The van der Waals surface area contributed by atoms with Gasteiger partial charge in [0.15, 0.2) is 6.17 Å². The predicted molar refractivity (Wildman–Crippen MR) is 158 cm³/mol. The highest BCUT2D eigenvalue weighted by Crippen LogP contribution is 2.34. The van der Waals surface area contributed by atoms with Crippen LogP contribution in [0.5, 0.6) is 5.75 Å². The number of hydrogen-bond acceptors (Lipinski definition) is 5. The maximum Gasteiger partial charge on any atom is 0.267 e. The normalized spacial score (nSPS) is 23.7. The lowest BCUT2D eigenvalue weighted by Gasteiger charge is -2.54. The number of unbranched alkanes of at least 4 members (excludes halogenated alkanes) is 2. The zero-order valence-electron chi connectivity index (χ0n) is 24.0. The summed E-state index contributed by atoms with van der Waals surface area (Å²) in [4.78, 5) is 48.0. The maximum absolute atomic E-state index is 14.6. The maximum atomic E-state index is 14.6. The number of phenolic OH excluding ortho intramolecular Hbond substituents is 1. The van der Waals surface area contributed by atoms with E-state index in [1.54, 1.807) is 26.8 Å². The van der Waals surface area contributed by atoms with Crippen LogP contribution >= 0.6 is 0 Å². The van der Waals surface area contributed by atoms with Gasteiger partial charge in [-0.25, -0.2) is 0 Å². The third-order valence-electron chi connectivity index (χ3n) is 9.06. The van der Waals surface area contributed by atoms with Gasteiger partial charge in [0.25, 0.3) is 5.91 Å². The van der Waals surface area contributed by atoms with Crippen molar-refractivity contribution in [3.05, 3.63) is 65.7 Å². The lowest BCUT2D eigenvalue weighted by atomic mass is 9.86. The Hall–Kier alpha value is -3.39. The molecule has 3 aliphatic rings. The number of aromatic hydroxyl groups is 1. The molecule has 0 bridgehead atoms. The van der Waals surface area contributed by atoms with E-state index in [1.807, 2.05) is 42.5 Å². The van der Waals surface area contributed by atoms with Crippen molar-refractivity contribution in [3.8, 4) is 5.75 Å². The zero-order valence-corrected chi connectivity index (χ0v) is 24.0. The summed E-state index contributed by atoms with van der Waals surface area (Å²) in [7, 11) is 0. The van der Waals surface area contributed by atoms with Crippen molar-refractivity contribution < 1.29 is 19.5 Å². The minimum absolute atomic E-state index is 0.0596. The van der Waals surface area contributed by atoms with Gasteiger partial charge in [-0.2, -0.15) is 0 Å². The van der Waals surface area contributed by atoms with E-state index < -0.39 is 12.2 Å². The van der Waals surface area contributed by atoms with E-state index in [0.29, 0.717) is 38.4 Å². The van der Waals surface area contributed by atoms with Crippen LogP contribution in [0.4, 0.5) is 0 Å². The van der Waals surface area contributed by atoms with Gasteiger partial charge in [0.05, 0.1) is 0 Å². The zero-order chi connectivity index (χ0) is 28.8. The Morgan fingerprint density at radius 1 is 0.780 bits per heavy atom. The number of piperazine rings is 1. The Morgan fingerprint density at radius 2 is 1.49 bits per heavy atom. The molecule has 3 fully saturated rings. The SMILES string of the molecule is NCCCCCN1C(=O)CC(Cc2ccccc2)N2C(=O)C(Cc3ccc(O)cc3)N(CC3CCCCC3)C(=O)C12. The summed E-state index contributed by atoms with van der Waals surface area (Å²) < 4.78 is 0. The molecule has 5 rings (SSSR count). The molecule has 2 aromatic rings. The smallest absolute Gasteiger partial charge is 0.267 e. The fourth-order valence-electron chi connectivity index (χ4n) is 6.89. The fraction of sp³-hybridized carbons (Fsp3) is 0.545. The lowest BCUT2D eigenvalue weighted by molar-refractivity contribution is -0.184. The molecule has 220 valence electrons. The van der Waals surface area contributed by atoms with Crippen molar-refractivity contribution in [1.82, 2.24) is 14.7 Å². The van der Waals surface area contributed by atoms with Crippen LogP contribution in [0.25, 0.3) is 0 Å². The average molecular weight is 561 g/mol. The number of rotatable bonds is 11. The summed E-state index contributed by atoms with van der Waals surface area (Å²) in [5, 5.41) is 9.83. The van der Waals surface area contributed by atoms with Gasteiger partial charge in [-0.05, 0) is 67.8 Å². The number of benzene rings is 2. The molecule has 2 saturated heterocycles. The predicted octanol–water partition coefficient (Wildman–Crippen LogP) is 3.85. The second kappa shape index (κ2) is 13.5. The van der Waals surface area contributed by atoms with Crippen LogP contribution in [0, 0.1) is 5.92 Å². The molecule has 0 radical (unpaired) electrons. The second-order valence-electron chi connectivity index (χ2n) is 12.0. The molecule has 41 heavy (non-hydrogen) atoms. The highest BCUT2D eigenvalue weighted by Gasteiger charge is 2.54. The second-order valence-corrected chi connectivity index (χ2v) is 12.0. The molecule has 0 aromatic heterocycles. The number of nitrogens with two attached hydrogens (primary N) is 1. The molecule has 8 heteroatoms. The molecule has 3 unspecified atom stereocenters. The first-order valence-corrected chi connectivity index (χ1v) is 15.4. The van der Waals surface area contributed by atoms with Crippen LogP contribution in [0.3, 0.4) is 0 Å². The van der Waals surface area contributed by atoms with E-state index in [-0.39, 0.29) is 35.9 Å². The summed E-state index contributed by atoms with van der Waals surface area (Å²) in [6.07, 6.45) is 8.29. The summed E-state index contributed by atoms with van der Waals surface area (Å²) in [6, 6.07) is 15.8. The molecule has 3 N–H and O–H groups in total. The highest BCUT2D eigenvalue weighted by atomic mass is 16.3. The molecule has 2 aromatic carbocycles. The van der Waals surface area contributed by atoms with E-state index in [1.165, 1.54) is 6.42 Å². The van der Waals surface area contributed by atoms with Crippen LogP contribution in [-0.2, 0) is 27.2 Å². The molecule has 8 nitrogen and oxygen atoms in total. The number of fused-ring (bicyclic) bond motifs is 1. The van der Waals surface area contributed by atoms with Gasteiger partial charge < -0.3 is 25.5 Å². The van der Waals surface area contributed by atoms with Crippen LogP contribution < -0.4 is 5.73 Å². The minimum atomic E-state index is -0.907. The number of hydrogen-bond donors (Lipinski definition) is 2. The Kier molecular flexibility index (Phi) is 9.60. The van der Waals surface area contributed by atoms with Crippen LogP contribution in [-0.4, -0.2) is 75.4 Å². The van der Waals surface area contributed by atoms with Crippen molar-refractivity contribution in [1.29, 1.82) is 0 Å². The number of carbonyl (C=O) groups is 3. The highest BCUT2D eigenvalue weighted by molar-refractivity contribution is 6.00. The molecule has 3 atom stereocenters. The third kappa shape index (κ3) is 6.75. The number of carbonyl (C=O) groups excluding carboxylic acids is 3. The third-order valence-corrected chi connectivity index (χ3v) is 9.06. The summed E-state index contributed by atoms with van der Waals surface area (Å²) in [5.41, 5.74) is 7.64.